The summed E-state index contributed by atoms with van der Waals surface area (Å²) < 4.78 is 18.4. The summed E-state index contributed by atoms with van der Waals surface area (Å²) in [5.41, 5.74) is 2.62. The third-order valence-corrected chi connectivity index (χ3v) is 6.35. The molecule has 164 valence electrons. The Balaban J connectivity index is 1.31. The lowest BCUT2D eigenvalue weighted by Crippen LogP contribution is -2.28. The predicted molar refractivity (Wildman–Crippen MR) is 123 cm³/mol. The molecule has 4 rings (SSSR count). The summed E-state index contributed by atoms with van der Waals surface area (Å²) >= 11 is 1.60. The molecular weight excluding hydrogens is 427 g/mol. The van der Waals surface area contributed by atoms with Gasteiger partial charge in [-0.15, -0.1) is 11.8 Å². The van der Waals surface area contributed by atoms with Crippen molar-refractivity contribution in [1.82, 2.24) is 10.2 Å². The Morgan fingerprint density at radius 1 is 1.03 bits per heavy atom. The fourth-order valence-electron chi connectivity index (χ4n) is 3.45. The van der Waals surface area contributed by atoms with E-state index in [9.17, 15) is 14.0 Å². The van der Waals surface area contributed by atoms with Gasteiger partial charge in [0, 0.05) is 12.1 Å². The molecule has 3 aromatic rings. The second-order valence-electron chi connectivity index (χ2n) is 7.35. The maximum absolute atomic E-state index is 12.9. The average molecular weight is 451 g/mol. The van der Waals surface area contributed by atoms with Gasteiger partial charge >= 0.3 is 0 Å². The van der Waals surface area contributed by atoms with E-state index in [1.807, 2.05) is 47.4 Å². The number of carbonyl (C=O) groups excluding carboxylic acids is 2. The van der Waals surface area contributed by atoms with Crippen molar-refractivity contribution in [3.63, 3.8) is 0 Å². The van der Waals surface area contributed by atoms with E-state index in [4.69, 9.17) is 4.74 Å². The quantitative estimate of drug-likeness (QED) is 0.517. The minimum Gasteiger partial charge on any atom is -0.492 e. The molecule has 3 aromatic carbocycles. The highest BCUT2D eigenvalue weighted by atomic mass is 32.2. The average Bonchev–Trinajstić information content (AvgIpc) is 3.18. The van der Waals surface area contributed by atoms with E-state index in [2.05, 4.69) is 5.32 Å². The Hall–Kier alpha value is -3.32. The van der Waals surface area contributed by atoms with Gasteiger partial charge in [0.1, 0.15) is 23.5 Å². The van der Waals surface area contributed by atoms with Crippen molar-refractivity contribution in [3.8, 4) is 5.75 Å². The van der Waals surface area contributed by atoms with E-state index < -0.39 is 0 Å². The minimum absolute atomic E-state index is 0.0658. The van der Waals surface area contributed by atoms with Crippen LogP contribution in [0.15, 0.2) is 78.9 Å². The topological polar surface area (TPSA) is 58.6 Å². The molecule has 1 fully saturated rings. The number of halogens is 1. The highest BCUT2D eigenvalue weighted by molar-refractivity contribution is 8.00. The smallest absolute Gasteiger partial charge is 0.251 e. The minimum atomic E-state index is -0.322. The SMILES string of the molecule is O=C(NCCOc1ccc(F)cc1)c1ccc([C@H]2SCC(=O)N2Cc2ccccc2)cc1. The van der Waals surface area contributed by atoms with E-state index in [1.165, 1.54) is 12.1 Å². The molecule has 5 nitrogen and oxygen atoms in total. The largest absolute Gasteiger partial charge is 0.492 e. The van der Waals surface area contributed by atoms with Gasteiger partial charge in [0.2, 0.25) is 5.91 Å². The van der Waals surface area contributed by atoms with E-state index in [0.717, 1.165) is 11.1 Å². The first-order valence-electron chi connectivity index (χ1n) is 10.3. The zero-order chi connectivity index (χ0) is 22.3. The third kappa shape index (κ3) is 5.48. The van der Waals surface area contributed by atoms with Crippen LogP contribution in [0, 0.1) is 5.82 Å². The zero-order valence-corrected chi connectivity index (χ0v) is 18.2. The maximum Gasteiger partial charge on any atom is 0.251 e. The van der Waals surface area contributed by atoms with Crippen LogP contribution in [0.3, 0.4) is 0 Å². The molecule has 2 amide bonds. The lowest BCUT2D eigenvalue weighted by molar-refractivity contribution is -0.128. The Kier molecular flexibility index (Phi) is 7.07. The molecule has 1 N–H and O–H groups in total. The van der Waals surface area contributed by atoms with Crippen LogP contribution in [0.1, 0.15) is 26.9 Å². The standard InChI is InChI=1S/C25H23FN2O3S/c26-21-10-12-22(13-11-21)31-15-14-27-24(30)19-6-8-20(9-7-19)25-28(23(29)17-32-25)16-18-4-2-1-3-5-18/h1-13,25H,14-17H2,(H,27,30)/t25-/m1/s1. The lowest BCUT2D eigenvalue weighted by atomic mass is 10.1. The van der Waals surface area contributed by atoms with Crippen LogP contribution < -0.4 is 10.1 Å². The Bertz CT molecular complexity index is 1060. The van der Waals surface area contributed by atoms with Gasteiger partial charge < -0.3 is 15.0 Å². The van der Waals surface area contributed by atoms with Gasteiger partial charge in [0.25, 0.3) is 5.91 Å². The first-order chi connectivity index (χ1) is 15.6. The molecule has 0 spiro atoms. The summed E-state index contributed by atoms with van der Waals surface area (Å²) in [6.07, 6.45) is 0. The number of thioether (sulfide) groups is 1. The molecule has 1 aliphatic heterocycles. The van der Waals surface area contributed by atoms with Gasteiger partial charge in [-0.2, -0.15) is 0 Å². The number of ether oxygens (including phenoxy) is 1. The van der Waals surface area contributed by atoms with Crippen molar-refractivity contribution >= 4 is 23.6 Å². The monoisotopic (exact) mass is 450 g/mol. The van der Waals surface area contributed by atoms with Crippen molar-refractivity contribution in [2.24, 2.45) is 0 Å². The second kappa shape index (κ2) is 10.3. The first-order valence-corrected chi connectivity index (χ1v) is 11.4. The van der Waals surface area contributed by atoms with Crippen LogP contribution in [-0.2, 0) is 11.3 Å². The van der Waals surface area contributed by atoms with Crippen molar-refractivity contribution < 1.29 is 18.7 Å². The van der Waals surface area contributed by atoms with Crippen molar-refractivity contribution in [1.29, 1.82) is 0 Å². The molecule has 1 atom stereocenters. The van der Waals surface area contributed by atoms with E-state index in [1.54, 1.807) is 36.0 Å². The van der Waals surface area contributed by atoms with Gasteiger partial charge in [-0.25, -0.2) is 4.39 Å². The third-order valence-electron chi connectivity index (χ3n) is 5.09. The first kappa shape index (κ1) is 21.9. The number of carbonyl (C=O) groups is 2. The van der Waals surface area contributed by atoms with Crippen LogP contribution in [-0.4, -0.2) is 35.6 Å². The fraction of sp³-hybridized carbons (Fsp3) is 0.200. The second-order valence-corrected chi connectivity index (χ2v) is 8.42. The van der Waals surface area contributed by atoms with Gasteiger partial charge in [-0.3, -0.25) is 9.59 Å². The van der Waals surface area contributed by atoms with Gasteiger partial charge in [0.05, 0.1) is 12.3 Å². The van der Waals surface area contributed by atoms with Crippen molar-refractivity contribution in [2.45, 2.75) is 11.9 Å². The molecule has 0 radical (unpaired) electrons. The zero-order valence-electron chi connectivity index (χ0n) is 17.4. The lowest BCUT2D eigenvalue weighted by Gasteiger charge is -2.24. The Labute approximate surface area is 190 Å². The fourth-order valence-corrected chi connectivity index (χ4v) is 4.63. The van der Waals surface area contributed by atoms with Crippen LogP contribution in [0.4, 0.5) is 4.39 Å². The van der Waals surface area contributed by atoms with E-state index in [0.29, 0.717) is 30.2 Å². The number of nitrogens with zero attached hydrogens (tertiary/aromatic N) is 1. The van der Waals surface area contributed by atoms with Crippen LogP contribution in [0.25, 0.3) is 0 Å². The normalized spacial score (nSPS) is 15.6. The molecule has 0 bridgehead atoms. The number of benzene rings is 3. The van der Waals surface area contributed by atoms with E-state index in [-0.39, 0.29) is 29.6 Å². The molecule has 1 heterocycles. The molecule has 1 aliphatic rings. The summed E-state index contributed by atoms with van der Waals surface area (Å²) in [6, 6.07) is 23.0. The highest BCUT2D eigenvalue weighted by Crippen LogP contribution is 2.39. The number of hydrogen-bond donors (Lipinski definition) is 1. The van der Waals surface area contributed by atoms with Gasteiger partial charge in [-0.05, 0) is 47.5 Å². The molecule has 0 aliphatic carbocycles. The number of rotatable bonds is 8. The summed E-state index contributed by atoms with van der Waals surface area (Å²) in [4.78, 5) is 26.7. The summed E-state index contributed by atoms with van der Waals surface area (Å²) in [7, 11) is 0. The van der Waals surface area contributed by atoms with Crippen LogP contribution >= 0.6 is 11.8 Å². The van der Waals surface area contributed by atoms with Crippen LogP contribution in [0.5, 0.6) is 5.75 Å². The van der Waals surface area contributed by atoms with Crippen molar-refractivity contribution in [2.75, 3.05) is 18.9 Å². The number of amides is 2. The number of nitrogens with one attached hydrogen (secondary N) is 1. The predicted octanol–water partition coefficient (Wildman–Crippen LogP) is 4.41. The molecule has 0 saturated carbocycles. The molecule has 1 saturated heterocycles. The highest BCUT2D eigenvalue weighted by Gasteiger charge is 2.32. The van der Waals surface area contributed by atoms with Gasteiger partial charge in [0.15, 0.2) is 0 Å². The van der Waals surface area contributed by atoms with Crippen LogP contribution in [0.2, 0.25) is 0 Å². The van der Waals surface area contributed by atoms with Crippen molar-refractivity contribution in [3.05, 3.63) is 101 Å². The van der Waals surface area contributed by atoms with E-state index >= 15 is 0 Å². The molecule has 7 heteroatoms. The molecule has 32 heavy (non-hydrogen) atoms. The maximum atomic E-state index is 12.9. The molecule has 0 unspecified atom stereocenters. The Morgan fingerprint density at radius 3 is 2.47 bits per heavy atom. The summed E-state index contributed by atoms with van der Waals surface area (Å²) in [6.45, 7) is 1.17. The van der Waals surface area contributed by atoms with Gasteiger partial charge in [-0.1, -0.05) is 42.5 Å². The Morgan fingerprint density at radius 2 is 1.75 bits per heavy atom. The number of hydrogen-bond acceptors (Lipinski definition) is 4. The molecule has 0 aromatic heterocycles. The molecular formula is C25H23FN2O3S. The summed E-state index contributed by atoms with van der Waals surface area (Å²) in [5, 5.41) is 2.74. The summed E-state index contributed by atoms with van der Waals surface area (Å²) in [5.74, 6) is 0.599.